The molecule has 0 spiro atoms. The van der Waals surface area contributed by atoms with Crippen LogP contribution in [0.15, 0.2) is 42.5 Å². The van der Waals surface area contributed by atoms with Crippen LogP contribution in [-0.4, -0.2) is 40.6 Å². The second kappa shape index (κ2) is 7.46. The Balaban J connectivity index is 1.88. The number of fused-ring (bicyclic) bond motifs is 1. The van der Waals surface area contributed by atoms with Gasteiger partial charge in [-0.15, -0.1) is 0 Å². The topological polar surface area (TPSA) is 51.7 Å². The van der Waals surface area contributed by atoms with Crippen LogP contribution in [0.3, 0.4) is 0 Å². The van der Waals surface area contributed by atoms with E-state index in [1.165, 1.54) is 0 Å². The molecule has 1 aromatic carbocycles. The van der Waals surface area contributed by atoms with Crippen LogP contribution in [0.5, 0.6) is 5.88 Å². The first-order chi connectivity index (χ1) is 12.3. The fourth-order valence-electron chi connectivity index (χ4n) is 2.85. The average molecular weight is 354 g/mol. The Hall–Kier alpha value is -2.40. The molecule has 2 heterocycles. The van der Waals surface area contributed by atoms with Crippen molar-refractivity contribution in [2.45, 2.75) is 45.9 Å². The summed E-state index contributed by atoms with van der Waals surface area (Å²) in [6.45, 7) is 9.30. The Morgan fingerprint density at radius 3 is 2.62 bits per heavy atom. The number of rotatable bonds is 4. The summed E-state index contributed by atoms with van der Waals surface area (Å²) in [6, 6.07) is 13.6. The van der Waals surface area contributed by atoms with E-state index in [0.717, 1.165) is 11.3 Å². The zero-order valence-electron chi connectivity index (χ0n) is 15.9. The number of hydrogen-bond acceptors (Lipinski definition) is 4. The number of pyridine rings is 1. The van der Waals surface area contributed by atoms with Crippen LogP contribution >= 0.6 is 0 Å². The molecule has 2 aromatic rings. The summed E-state index contributed by atoms with van der Waals surface area (Å²) in [6.07, 6.45) is -0.266. The van der Waals surface area contributed by atoms with E-state index in [1.54, 1.807) is 6.07 Å². The first-order valence-corrected chi connectivity index (χ1v) is 8.93. The molecule has 0 saturated heterocycles. The van der Waals surface area contributed by atoms with Crippen molar-refractivity contribution in [1.29, 1.82) is 0 Å². The number of carbonyl (C=O) groups excluding carboxylic acids is 1. The molecule has 1 atom stereocenters. The van der Waals surface area contributed by atoms with Gasteiger partial charge in [0.15, 0.2) is 0 Å². The lowest BCUT2D eigenvalue weighted by Crippen LogP contribution is -2.40. The van der Waals surface area contributed by atoms with E-state index < -0.39 is 0 Å². The number of carbonyl (C=O) groups is 1. The van der Waals surface area contributed by atoms with Gasteiger partial charge in [-0.05, 0) is 45.4 Å². The van der Waals surface area contributed by atoms with Gasteiger partial charge in [-0.25, -0.2) is 4.98 Å². The second-order valence-electron chi connectivity index (χ2n) is 7.64. The van der Waals surface area contributed by atoms with E-state index in [2.05, 4.69) is 4.98 Å². The van der Waals surface area contributed by atoms with E-state index in [9.17, 15) is 4.79 Å². The molecule has 1 amide bonds. The predicted octanol–water partition coefficient (Wildman–Crippen LogP) is 3.61. The Kier molecular flexibility index (Phi) is 5.28. The van der Waals surface area contributed by atoms with E-state index in [-0.39, 0.29) is 17.6 Å². The monoisotopic (exact) mass is 354 g/mol. The van der Waals surface area contributed by atoms with Crippen molar-refractivity contribution >= 4 is 5.91 Å². The van der Waals surface area contributed by atoms with Gasteiger partial charge in [0.25, 0.3) is 5.91 Å². The normalized spacial score (nSPS) is 17.5. The molecule has 0 saturated carbocycles. The van der Waals surface area contributed by atoms with Crippen molar-refractivity contribution < 1.29 is 14.3 Å². The molecule has 0 radical (unpaired) electrons. The van der Waals surface area contributed by atoms with Crippen LogP contribution in [0.1, 0.15) is 42.4 Å². The van der Waals surface area contributed by atoms with Gasteiger partial charge in [-0.1, -0.05) is 30.3 Å². The molecule has 138 valence electrons. The smallest absolute Gasteiger partial charge is 0.259 e. The molecule has 1 aliphatic heterocycles. The highest BCUT2D eigenvalue weighted by atomic mass is 16.5. The summed E-state index contributed by atoms with van der Waals surface area (Å²) >= 11 is 0. The van der Waals surface area contributed by atoms with Gasteiger partial charge in [0, 0.05) is 12.2 Å². The number of aryl methyl sites for hydroxylation is 1. The minimum absolute atomic E-state index is 0.0605. The van der Waals surface area contributed by atoms with Crippen molar-refractivity contribution in [3.8, 4) is 5.88 Å². The number of amides is 1. The minimum atomic E-state index is -0.271. The maximum absolute atomic E-state index is 13.1. The molecule has 1 aromatic heterocycles. The fourth-order valence-corrected chi connectivity index (χ4v) is 2.85. The number of nitrogens with zero attached hydrogens (tertiary/aromatic N) is 2. The van der Waals surface area contributed by atoms with Crippen LogP contribution in [-0.2, 0) is 11.3 Å². The molecule has 0 bridgehead atoms. The summed E-state index contributed by atoms with van der Waals surface area (Å²) in [4.78, 5) is 19.3. The summed E-state index contributed by atoms with van der Waals surface area (Å²) in [5, 5.41) is 0. The Morgan fingerprint density at radius 2 is 1.92 bits per heavy atom. The minimum Gasteiger partial charge on any atom is -0.469 e. The van der Waals surface area contributed by atoms with Crippen molar-refractivity contribution in [1.82, 2.24) is 9.88 Å². The number of aromatic nitrogens is 1. The lowest BCUT2D eigenvalue weighted by atomic mass is 10.1. The average Bonchev–Trinajstić information content (AvgIpc) is 2.70. The standard InChI is InChI=1S/C21H26N2O3/c1-15-10-11-18-19(22-15)26-17(14-25-21(2,3)4)13-23(20(18)24)12-16-8-6-5-7-9-16/h5-11,17H,12-14H2,1-4H3. The fraction of sp³-hybridized carbons (Fsp3) is 0.429. The van der Waals surface area contributed by atoms with Crippen molar-refractivity contribution in [2.24, 2.45) is 0 Å². The summed E-state index contributed by atoms with van der Waals surface area (Å²) in [5.74, 6) is 0.336. The van der Waals surface area contributed by atoms with Gasteiger partial charge >= 0.3 is 0 Å². The molecule has 0 N–H and O–H groups in total. The van der Waals surface area contributed by atoms with Crippen LogP contribution in [0.2, 0.25) is 0 Å². The molecule has 5 heteroatoms. The Bertz CT molecular complexity index is 769. The lowest BCUT2D eigenvalue weighted by molar-refractivity contribution is -0.0466. The molecule has 5 nitrogen and oxygen atoms in total. The third-order valence-electron chi connectivity index (χ3n) is 4.14. The molecular formula is C21H26N2O3. The third kappa shape index (κ3) is 4.61. The van der Waals surface area contributed by atoms with Crippen LogP contribution in [0.4, 0.5) is 0 Å². The molecule has 1 aliphatic rings. The van der Waals surface area contributed by atoms with Gasteiger partial charge < -0.3 is 14.4 Å². The zero-order chi connectivity index (χ0) is 18.7. The Labute approximate surface area is 155 Å². The van der Waals surface area contributed by atoms with E-state index >= 15 is 0 Å². The summed E-state index contributed by atoms with van der Waals surface area (Å²) < 4.78 is 12.0. The molecule has 1 unspecified atom stereocenters. The molecular weight excluding hydrogens is 328 g/mol. The van der Waals surface area contributed by atoms with Crippen molar-refractivity contribution in [3.63, 3.8) is 0 Å². The van der Waals surface area contributed by atoms with Gasteiger partial charge in [0.05, 0.1) is 18.8 Å². The van der Waals surface area contributed by atoms with Crippen molar-refractivity contribution in [2.75, 3.05) is 13.2 Å². The highest BCUT2D eigenvalue weighted by Crippen LogP contribution is 2.25. The molecule has 3 rings (SSSR count). The molecule has 26 heavy (non-hydrogen) atoms. The van der Waals surface area contributed by atoms with E-state index in [4.69, 9.17) is 9.47 Å². The third-order valence-corrected chi connectivity index (χ3v) is 4.14. The van der Waals surface area contributed by atoms with Gasteiger partial charge in [0.1, 0.15) is 11.7 Å². The molecule has 0 fully saturated rings. The predicted molar refractivity (Wildman–Crippen MR) is 100 cm³/mol. The van der Waals surface area contributed by atoms with Gasteiger partial charge in [0.2, 0.25) is 5.88 Å². The summed E-state index contributed by atoms with van der Waals surface area (Å²) in [7, 11) is 0. The maximum Gasteiger partial charge on any atom is 0.259 e. The quantitative estimate of drug-likeness (QED) is 0.842. The van der Waals surface area contributed by atoms with E-state index in [0.29, 0.717) is 31.1 Å². The van der Waals surface area contributed by atoms with Crippen LogP contribution in [0, 0.1) is 6.92 Å². The molecule has 0 aliphatic carbocycles. The number of benzene rings is 1. The van der Waals surface area contributed by atoms with Crippen molar-refractivity contribution in [3.05, 3.63) is 59.3 Å². The second-order valence-corrected chi connectivity index (χ2v) is 7.64. The Morgan fingerprint density at radius 1 is 1.19 bits per heavy atom. The maximum atomic E-state index is 13.1. The largest absolute Gasteiger partial charge is 0.469 e. The highest BCUT2D eigenvalue weighted by molar-refractivity contribution is 5.96. The van der Waals surface area contributed by atoms with Gasteiger partial charge in [-0.3, -0.25) is 4.79 Å². The lowest BCUT2D eigenvalue weighted by Gasteiger charge is -2.27. The van der Waals surface area contributed by atoms with Gasteiger partial charge in [-0.2, -0.15) is 0 Å². The summed E-state index contributed by atoms with van der Waals surface area (Å²) in [5.41, 5.74) is 2.14. The SMILES string of the molecule is Cc1ccc2c(n1)OC(COC(C)(C)C)CN(Cc1ccccc1)C2=O. The number of ether oxygens (including phenoxy) is 2. The highest BCUT2D eigenvalue weighted by Gasteiger charge is 2.31. The number of hydrogen-bond donors (Lipinski definition) is 0. The first-order valence-electron chi connectivity index (χ1n) is 8.93. The van der Waals surface area contributed by atoms with Crippen LogP contribution < -0.4 is 4.74 Å². The van der Waals surface area contributed by atoms with Crippen LogP contribution in [0.25, 0.3) is 0 Å². The first kappa shape index (κ1) is 18.4. The zero-order valence-corrected chi connectivity index (χ0v) is 15.9. The van der Waals surface area contributed by atoms with E-state index in [1.807, 2.05) is 69.0 Å².